The molecule has 98 valence electrons. The van der Waals surface area contributed by atoms with E-state index in [2.05, 4.69) is 0 Å². The van der Waals surface area contributed by atoms with Crippen molar-refractivity contribution < 1.29 is 9.18 Å². The zero-order valence-corrected chi connectivity index (χ0v) is 10.7. The van der Waals surface area contributed by atoms with Gasteiger partial charge in [0.05, 0.1) is 6.04 Å². The van der Waals surface area contributed by atoms with Crippen LogP contribution in [0.25, 0.3) is 0 Å². The molecule has 1 aromatic carbocycles. The van der Waals surface area contributed by atoms with Crippen molar-refractivity contribution in [2.45, 2.75) is 38.8 Å². The van der Waals surface area contributed by atoms with Crippen molar-refractivity contribution in [2.75, 3.05) is 6.54 Å². The van der Waals surface area contributed by atoms with E-state index in [0.717, 1.165) is 31.4 Å². The third kappa shape index (κ3) is 2.70. The predicted molar refractivity (Wildman–Crippen MR) is 68.4 cm³/mol. The smallest absolute Gasteiger partial charge is 0.234 e. The van der Waals surface area contributed by atoms with Crippen LogP contribution in [0.4, 0.5) is 4.39 Å². The van der Waals surface area contributed by atoms with Gasteiger partial charge in [0.25, 0.3) is 0 Å². The lowest BCUT2D eigenvalue weighted by Crippen LogP contribution is -2.39. The third-order valence-electron chi connectivity index (χ3n) is 3.58. The number of carbonyl (C=O) groups is 1. The number of hydrogen-bond acceptors (Lipinski definition) is 2. The van der Waals surface area contributed by atoms with Gasteiger partial charge in [-0.05, 0) is 37.4 Å². The summed E-state index contributed by atoms with van der Waals surface area (Å²) in [4.78, 5) is 13.3. The van der Waals surface area contributed by atoms with Crippen LogP contribution < -0.4 is 5.73 Å². The number of aryl methyl sites for hydroxylation is 1. The van der Waals surface area contributed by atoms with E-state index in [1.165, 1.54) is 6.07 Å². The van der Waals surface area contributed by atoms with Gasteiger partial charge in [0, 0.05) is 12.1 Å². The standard InChI is InChI=1S/C14H19FN2O/c1-2-10-5-6-12(15)11(8-10)9-17-7-3-4-13(17)14(16)18/h5-6,8,13H,2-4,7,9H2,1H3,(H2,16,18)/t13-/m0/s1. The maximum atomic E-state index is 13.7. The first-order valence-electron chi connectivity index (χ1n) is 6.42. The van der Waals surface area contributed by atoms with E-state index < -0.39 is 0 Å². The molecule has 0 saturated carbocycles. The number of amides is 1. The average molecular weight is 250 g/mol. The van der Waals surface area contributed by atoms with Crippen LogP contribution in [0.5, 0.6) is 0 Å². The zero-order valence-electron chi connectivity index (χ0n) is 10.7. The van der Waals surface area contributed by atoms with E-state index in [4.69, 9.17) is 5.73 Å². The summed E-state index contributed by atoms with van der Waals surface area (Å²) in [6, 6.07) is 4.94. The lowest BCUT2D eigenvalue weighted by Gasteiger charge is -2.22. The molecule has 0 aromatic heterocycles. The molecule has 1 aliphatic heterocycles. The molecule has 1 aromatic rings. The maximum Gasteiger partial charge on any atom is 0.234 e. The fourth-order valence-electron chi connectivity index (χ4n) is 2.53. The molecular formula is C14H19FN2O. The number of hydrogen-bond donors (Lipinski definition) is 1. The van der Waals surface area contributed by atoms with Gasteiger partial charge in [-0.2, -0.15) is 0 Å². The molecule has 0 aliphatic carbocycles. The lowest BCUT2D eigenvalue weighted by molar-refractivity contribution is -0.122. The minimum atomic E-state index is -0.306. The van der Waals surface area contributed by atoms with Crippen molar-refractivity contribution in [3.05, 3.63) is 35.1 Å². The van der Waals surface area contributed by atoms with Crippen LogP contribution in [-0.2, 0) is 17.8 Å². The summed E-state index contributed by atoms with van der Waals surface area (Å²) in [5.74, 6) is -0.512. The second kappa shape index (κ2) is 5.48. The van der Waals surface area contributed by atoms with Gasteiger partial charge >= 0.3 is 0 Å². The van der Waals surface area contributed by atoms with Crippen LogP contribution in [0.1, 0.15) is 30.9 Å². The number of halogens is 1. The van der Waals surface area contributed by atoms with Gasteiger partial charge in [0.15, 0.2) is 0 Å². The minimum absolute atomic E-state index is 0.206. The normalized spacial score (nSPS) is 20.2. The van der Waals surface area contributed by atoms with Gasteiger partial charge in [-0.1, -0.05) is 19.1 Å². The zero-order chi connectivity index (χ0) is 13.1. The maximum absolute atomic E-state index is 13.7. The highest BCUT2D eigenvalue weighted by Gasteiger charge is 2.29. The molecule has 1 atom stereocenters. The number of likely N-dealkylation sites (tertiary alicyclic amines) is 1. The Morgan fingerprint density at radius 2 is 2.33 bits per heavy atom. The molecule has 2 N–H and O–H groups in total. The Bertz CT molecular complexity index is 447. The van der Waals surface area contributed by atoms with E-state index in [1.807, 2.05) is 17.9 Å². The number of benzene rings is 1. The summed E-state index contributed by atoms with van der Waals surface area (Å²) in [5, 5.41) is 0. The Morgan fingerprint density at radius 3 is 3.00 bits per heavy atom. The van der Waals surface area contributed by atoms with E-state index in [9.17, 15) is 9.18 Å². The van der Waals surface area contributed by atoms with Crippen LogP contribution >= 0.6 is 0 Å². The summed E-state index contributed by atoms with van der Waals surface area (Å²) < 4.78 is 13.7. The largest absolute Gasteiger partial charge is 0.368 e. The number of carbonyl (C=O) groups excluding carboxylic acids is 1. The van der Waals surface area contributed by atoms with Crippen LogP contribution in [-0.4, -0.2) is 23.4 Å². The molecule has 3 nitrogen and oxygen atoms in total. The average Bonchev–Trinajstić information content (AvgIpc) is 2.80. The topological polar surface area (TPSA) is 46.3 Å². The van der Waals surface area contributed by atoms with Gasteiger partial charge in [0.1, 0.15) is 5.82 Å². The Kier molecular flexibility index (Phi) is 3.97. The molecule has 0 unspecified atom stereocenters. The van der Waals surface area contributed by atoms with Crippen LogP contribution in [0, 0.1) is 5.82 Å². The molecule has 1 fully saturated rings. The highest BCUT2D eigenvalue weighted by Crippen LogP contribution is 2.21. The van der Waals surface area contributed by atoms with Crippen molar-refractivity contribution in [3.63, 3.8) is 0 Å². The summed E-state index contributed by atoms with van der Waals surface area (Å²) in [6.07, 6.45) is 2.61. The Hall–Kier alpha value is -1.42. The highest BCUT2D eigenvalue weighted by atomic mass is 19.1. The fraction of sp³-hybridized carbons (Fsp3) is 0.500. The molecule has 1 amide bonds. The SMILES string of the molecule is CCc1ccc(F)c(CN2CCC[C@H]2C(N)=O)c1. The first-order valence-corrected chi connectivity index (χ1v) is 6.42. The molecule has 0 radical (unpaired) electrons. The highest BCUT2D eigenvalue weighted by molar-refractivity contribution is 5.80. The second-order valence-corrected chi connectivity index (χ2v) is 4.81. The van der Waals surface area contributed by atoms with Gasteiger partial charge in [-0.15, -0.1) is 0 Å². The first-order chi connectivity index (χ1) is 8.61. The molecule has 18 heavy (non-hydrogen) atoms. The Labute approximate surface area is 107 Å². The van der Waals surface area contributed by atoms with Crippen molar-refractivity contribution in [3.8, 4) is 0 Å². The first kappa shape index (κ1) is 13.0. The predicted octanol–water partition coefficient (Wildman–Crippen LogP) is 1.84. The van der Waals surface area contributed by atoms with Gasteiger partial charge in [-0.25, -0.2) is 4.39 Å². The summed E-state index contributed by atoms with van der Waals surface area (Å²) in [7, 11) is 0. The van der Waals surface area contributed by atoms with E-state index in [-0.39, 0.29) is 17.8 Å². The van der Waals surface area contributed by atoms with Gasteiger partial charge in [0.2, 0.25) is 5.91 Å². The lowest BCUT2D eigenvalue weighted by atomic mass is 10.1. The quantitative estimate of drug-likeness (QED) is 0.886. The minimum Gasteiger partial charge on any atom is -0.368 e. The van der Waals surface area contributed by atoms with Crippen LogP contribution in [0.2, 0.25) is 0 Å². The third-order valence-corrected chi connectivity index (χ3v) is 3.58. The Balaban J connectivity index is 2.15. The summed E-state index contributed by atoms with van der Waals surface area (Å²) in [5.41, 5.74) is 7.13. The van der Waals surface area contributed by atoms with Crippen molar-refractivity contribution in [1.29, 1.82) is 0 Å². The molecule has 1 aliphatic rings. The molecule has 2 rings (SSSR count). The van der Waals surface area contributed by atoms with Crippen molar-refractivity contribution in [1.82, 2.24) is 4.90 Å². The molecule has 0 spiro atoms. The number of primary amides is 1. The van der Waals surface area contributed by atoms with E-state index in [1.54, 1.807) is 6.07 Å². The van der Waals surface area contributed by atoms with Crippen LogP contribution in [0.15, 0.2) is 18.2 Å². The monoisotopic (exact) mass is 250 g/mol. The summed E-state index contributed by atoms with van der Waals surface area (Å²) in [6.45, 7) is 3.32. The molecule has 0 bridgehead atoms. The number of rotatable bonds is 4. The van der Waals surface area contributed by atoms with Crippen LogP contribution in [0.3, 0.4) is 0 Å². The summed E-state index contributed by atoms with van der Waals surface area (Å²) >= 11 is 0. The molecular weight excluding hydrogens is 231 g/mol. The molecule has 1 heterocycles. The van der Waals surface area contributed by atoms with Crippen molar-refractivity contribution >= 4 is 5.91 Å². The van der Waals surface area contributed by atoms with E-state index >= 15 is 0 Å². The number of nitrogens with zero attached hydrogens (tertiary/aromatic N) is 1. The van der Waals surface area contributed by atoms with Crippen molar-refractivity contribution in [2.24, 2.45) is 5.73 Å². The molecule has 1 saturated heterocycles. The second-order valence-electron chi connectivity index (χ2n) is 4.81. The Morgan fingerprint density at radius 1 is 1.56 bits per heavy atom. The molecule has 4 heteroatoms. The van der Waals surface area contributed by atoms with Gasteiger partial charge in [-0.3, -0.25) is 9.69 Å². The fourth-order valence-corrected chi connectivity index (χ4v) is 2.53. The van der Waals surface area contributed by atoms with Gasteiger partial charge < -0.3 is 5.73 Å². The van der Waals surface area contributed by atoms with E-state index in [0.29, 0.717) is 12.1 Å². The number of nitrogens with two attached hydrogens (primary N) is 1.